The Labute approximate surface area is 122 Å². The maximum Gasteiger partial charge on any atom is 0.225 e. The summed E-state index contributed by atoms with van der Waals surface area (Å²) < 4.78 is 0. The van der Waals surface area contributed by atoms with Crippen LogP contribution in [0.3, 0.4) is 0 Å². The lowest BCUT2D eigenvalue weighted by atomic mass is 9.85. The Morgan fingerprint density at radius 2 is 2.21 bits per heavy atom. The number of aryl methyl sites for hydroxylation is 1. The zero-order chi connectivity index (χ0) is 13.4. The van der Waals surface area contributed by atoms with E-state index in [-0.39, 0.29) is 0 Å². The molecule has 0 spiro atoms. The summed E-state index contributed by atoms with van der Waals surface area (Å²) >= 11 is 7.78. The van der Waals surface area contributed by atoms with E-state index in [1.54, 1.807) is 11.3 Å². The van der Waals surface area contributed by atoms with Gasteiger partial charge in [-0.05, 0) is 42.8 Å². The molecular weight excluding hydrogens is 278 g/mol. The molecular formula is C14H18ClN3S. The summed E-state index contributed by atoms with van der Waals surface area (Å²) in [5, 5.41) is 1.50. The van der Waals surface area contributed by atoms with E-state index in [1.807, 2.05) is 0 Å². The van der Waals surface area contributed by atoms with E-state index in [0.29, 0.717) is 5.28 Å². The third-order valence-corrected chi connectivity index (χ3v) is 5.21. The van der Waals surface area contributed by atoms with Crippen LogP contribution < -0.4 is 4.90 Å². The zero-order valence-electron chi connectivity index (χ0n) is 11.3. The van der Waals surface area contributed by atoms with Crippen LogP contribution in [0.5, 0.6) is 0 Å². The maximum absolute atomic E-state index is 6.06. The number of nitrogens with zero attached hydrogens (tertiary/aromatic N) is 3. The summed E-state index contributed by atoms with van der Waals surface area (Å²) in [5.41, 5.74) is 0. The van der Waals surface area contributed by atoms with Gasteiger partial charge in [0.25, 0.3) is 0 Å². The van der Waals surface area contributed by atoms with E-state index in [1.165, 1.54) is 24.1 Å². The van der Waals surface area contributed by atoms with Crippen molar-refractivity contribution >= 4 is 39.0 Å². The van der Waals surface area contributed by atoms with Gasteiger partial charge in [0.05, 0.1) is 5.39 Å². The molecule has 1 fully saturated rings. The first-order valence-corrected chi connectivity index (χ1v) is 8.04. The molecule has 1 aliphatic rings. The minimum atomic E-state index is 0.354. The molecule has 3 rings (SSSR count). The normalized spacial score (nSPS) is 15.7. The van der Waals surface area contributed by atoms with Crippen molar-refractivity contribution < 1.29 is 0 Å². The van der Waals surface area contributed by atoms with Gasteiger partial charge < -0.3 is 4.90 Å². The fourth-order valence-electron chi connectivity index (χ4n) is 2.55. The van der Waals surface area contributed by atoms with Gasteiger partial charge in [0, 0.05) is 18.5 Å². The molecule has 0 saturated heterocycles. The highest BCUT2D eigenvalue weighted by Crippen LogP contribution is 2.34. The van der Waals surface area contributed by atoms with Crippen LogP contribution in [0.25, 0.3) is 10.2 Å². The SMILES string of the molecule is CCc1cc2c(N(C)CC3CCC3)nc(Cl)nc2s1. The molecule has 0 aliphatic heterocycles. The highest BCUT2D eigenvalue weighted by Gasteiger charge is 2.21. The molecule has 0 N–H and O–H groups in total. The Bertz CT molecular complexity index is 592. The summed E-state index contributed by atoms with van der Waals surface area (Å²) in [6.45, 7) is 3.23. The summed E-state index contributed by atoms with van der Waals surface area (Å²) in [4.78, 5) is 13.4. The Morgan fingerprint density at radius 1 is 1.42 bits per heavy atom. The van der Waals surface area contributed by atoms with Gasteiger partial charge in [-0.2, -0.15) is 4.98 Å². The average Bonchev–Trinajstić information content (AvgIpc) is 2.75. The van der Waals surface area contributed by atoms with Crippen molar-refractivity contribution in [1.29, 1.82) is 0 Å². The largest absolute Gasteiger partial charge is 0.359 e. The molecule has 0 amide bonds. The average molecular weight is 296 g/mol. The molecule has 3 nitrogen and oxygen atoms in total. The summed E-state index contributed by atoms with van der Waals surface area (Å²) in [5.74, 6) is 1.80. The standard InChI is InChI=1S/C14H18ClN3S/c1-3-10-7-11-12(16-14(15)17-13(11)19-10)18(2)8-9-5-4-6-9/h7,9H,3-6,8H2,1-2H3. The number of rotatable bonds is 4. The number of aromatic nitrogens is 2. The third kappa shape index (κ3) is 2.56. The number of anilines is 1. The van der Waals surface area contributed by atoms with Gasteiger partial charge in [0.1, 0.15) is 10.6 Å². The van der Waals surface area contributed by atoms with Crippen LogP contribution in [0.1, 0.15) is 31.1 Å². The van der Waals surface area contributed by atoms with E-state index >= 15 is 0 Å². The smallest absolute Gasteiger partial charge is 0.225 e. The molecule has 2 heterocycles. The van der Waals surface area contributed by atoms with Crippen LogP contribution in [0.15, 0.2) is 6.07 Å². The molecule has 1 aliphatic carbocycles. The minimum Gasteiger partial charge on any atom is -0.359 e. The van der Waals surface area contributed by atoms with Crippen molar-refractivity contribution in [3.05, 3.63) is 16.2 Å². The Balaban J connectivity index is 1.97. The quantitative estimate of drug-likeness (QED) is 0.794. The molecule has 102 valence electrons. The van der Waals surface area contributed by atoms with Crippen LogP contribution in [-0.4, -0.2) is 23.6 Å². The van der Waals surface area contributed by atoms with Crippen LogP contribution in [-0.2, 0) is 6.42 Å². The zero-order valence-corrected chi connectivity index (χ0v) is 12.9. The highest BCUT2D eigenvalue weighted by molar-refractivity contribution is 7.18. The van der Waals surface area contributed by atoms with E-state index < -0.39 is 0 Å². The van der Waals surface area contributed by atoms with Crippen LogP contribution in [0.4, 0.5) is 5.82 Å². The van der Waals surface area contributed by atoms with Crippen LogP contribution in [0.2, 0.25) is 5.28 Å². The maximum atomic E-state index is 6.06. The van der Waals surface area contributed by atoms with Gasteiger partial charge in [0.2, 0.25) is 5.28 Å². The predicted octanol–water partition coefficient (Wildman–Crippen LogP) is 4.14. The van der Waals surface area contributed by atoms with Crippen molar-refractivity contribution in [1.82, 2.24) is 9.97 Å². The minimum absolute atomic E-state index is 0.354. The monoisotopic (exact) mass is 295 g/mol. The number of fused-ring (bicyclic) bond motifs is 1. The predicted molar refractivity (Wildman–Crippen MR) is 82.4 cm³/mol. The topological polar surface area (TPSA) is 29.0 Å². The van der Waals surface area contributed by atoms with Gasteiger partial charge in [0.15, 0.2) is 0 Å². The first kappa shape index (κ1) is 13.1. The van der Waals surface area contributed by atoms with Gasteiger partial charge >= 0.3 is 0 Å². The van der Waals surface area contributed by atoms with Gasteiger partial charge in [-0.1, -0.05) is 13.3 Å². The molecule has 19 heavy (non-hydrogen) atoms. The molecule has 0 atom stereocenters. The lowest BCUT2D eigenvalue weighted by Gasteiger charge is -2.30. The Kier molecular flexibility index (Phi) is 3.63. The molecule has 2 aromatic heterocycles. The fraction of sp³-hybridized carbons (Fsp3) is 0.571. The van der Waals surface area contributed by atoms with E-state index in [0.717, 1.165) is 34.9 Å². The van der Waals surface area contributed by atoms with Gasteiger partial charge in [-0.3, -0.25) is 0 Å². The second kappa shape index (κ2) is 5.25. The molecule has 0 radical (unpaired) electrons. The molecule has 0 aromatic carbocycles. The summed E-state index contributed by atoms with van der Waals surface area (Å²) in [7, 11) is 2.11. The lowest BCUT2D eigenvalue weighted by molar-refractivity contribution is 0.321. The van der Waals surface area contributed by atoms with E-state index in [9.17, 15) is 0 Å². The molecule has 5 heteroatoms. The number of hydrogen-bond donors (Lipinski definition) is 0. The Morgan fingerprint density at radius 3 is 2.84 bits per heavy atom. The van der Waals surface area contributed by atoms with E-state index in [4.69, 9.17) is 11.6 Å². The molecule has 0 unspecified atom stereocenters. The summed E-state index contributed by atoms with van der Waals surface area (Å²) in [6.07, 6.45) is 5.09. The number of halogens is 1. The van der Waals surface area contributed by atoms with Gasteiger partial charge in [-0.15, -0.1) is 11.3 Å². The summed E-state index contributed by atoms with van der Waals surface area (Å²) in [6, 6.07) is 2.21. The fourth-order valence-corrected chi connectivity index (χ4v) is 3.72. The van der Waals surface area contributed by atoms with Crippen LogP contribution in [0, 0.1) is 5.92 Å². The number of thiophene rings is 1. The first-order valence-electron chi connectivity index (χ1n) is 6.84. The van der Waals surface area contributed by atoms with Crippen LogP contribution >= 0.6 is 22.9 Å². The van der Waals surface area contributed by atoms with Crippen molar-refractivity contribution in [3.63, 3.8) is 0 Å². The third-order valence-electron chi connectivity index (χ3n) is 3.86. The van der Waals surface area contributed by atoms with Crippen molar-refractivity contribution in [2.24, 2.45) is 5.92 Å². The first-order chi connectivity index (χ1) is 9.17. The lowest BCUT2D eigenvalue weighted by Crippen LogP contribution is -2.30. The molecule has 1 saturated carbocycles. The van der Waals surface area contributed by atoms with Crippen molar-refractivity contribution in [2.75, 3.05) is 18.5 Å². The Hall–Kier alpha value is -0.870. The second-order valence-corrected chi connectivity index (χ2v) is 6.73. The second-order valence-electron chi connectivity index (χ2n) is 5.28. The van der Waals surface area contributed by atoms with Crippen molar-refractivity contribution in [2.45, 2.75) is 32.6 Å². The van der Waals surface area contributed by atoms with E-state index in [2.05, 4.69) is 34.9 Å². The number of hydrogen-bond acceptors (Lipinski definition) is 4. The molecule has 0 bridgehead atoms. The van der Waals surface area contributed by atoms with Gasteiger partial charge in [-0.25, -0.2) is 4.98 Å². The van der Waals surface area contributed by atoms with Crippen molar-refractivity contribution in [3.8, 4) is 0 Å². The molecule has 2 aromatic rings. The highest BCUT2D eigenvalue weighted by atomic mass is 35.5.